The summed E-state index contributed by atoms with van der Waals surface area (Å²) in [5.74, 6) is -7.65. The lowest BCUT2D eigenvalue weighted by Crippen LogP contribution is -2.58. The number of Topliss-reactive ketones (excluding diaryl/α,β-unsaturated/α-hetero) is 2. The van der Waals surface area contributed by atoms with Crippen LogP contribution < -0.4 is 10.5 Å². The number of aliphatic hydroxyl groups is 3. The maximum absolute atomic E-state index is 13.7. The number of rotatable bonds is 5. The number of aliphatic hydroxyl groups excluding tert-OH is 2. The Morgan fingerprint density at radius 2 is 1.75 bits per heavy atom. The first-order valence-electron chi connectivity index (χ1n) is 12.6. The van der Waals surface area contributed by atoms with Crippen LogP contribution in [0.2, 0.25) is 0 Å². The average Bonchev–Trinajstić information content (AvgIpc) is 2.87. The van der Waals surface area contributed by atoms with Crippen LogP contribution in [0.3, 0.4) is 0 Å². The first-order valence-corrected chi connectivity index (χ1v) is 14.1. The van der Waals surface area contributed by atoms with E-state index in [-0.39, 0.29) is 40.5 Å². The largest absolute Gasteiger partial charge is 0.508 e. The van der Waals surface area contributed by atoms with Gasteiger partial charge in [0.05, 0.1) is 16.1 Å². The van der Waals surface area contributed by atoms with Crippen molar-refractivity contribution in [2.24, 2.45) is 17.6 Å². The molecule has 1 saturated carbocycles. The summed E-state index contributed by atoms with van der Waals surface area (Å²) in [5.41, 5.74) is 2.06. The third kappa shape index (κ3) is 3.89. The van der Waals surface area contributed by atoms with E-state index in [9.17, 15) is 43.2 Å². The molecule has 0 aliphatic heterocycles. The number of amides is 1. The number of nitrogens with one attached hydrogen (secondary N) is 1. The van der Waals surface area contributed by atoms with Crippen LogP contribution in [-0.2, 0) is 30.8 Å². The fourth-order valence-corrected chi connectivity index (χ4v) is 7.19. The molecule has 7 N–H and O–H groups in total. The van der Waals surface area contributed by atoms with Gasteiger partial charge in [-0.3, -0.25) is 19.1 Å². The molecule has 12 heteroatoms. The topological polar surface area (TPSA) is 204 Å². The Bertz CT molecular complexity index is 1660. The van der Waals surface area contributed by atoms with Crippen LogP contribution in [0.1, 0.15) is 49.3 Å². The predicted molar refractivity (Wildman–Crippen MR) is 143 cm³/mol. The van der Waals surface area contributed by atoms with Crippen molar-refractivity contribution in [3.05, 3.63) is 70.0 Å². The van der Waals surface area contributed by atoms with Gasteiger partial charge in [-0.2, -0.15) is 0 Å². The lowest BCUT2D eigenvalue weighted by Gasteiger charge is -2.46. The fourth-order valence-electron chi connectivity index (χ4n) is 6.11. The van der Waals surface area contributed by atoms with Crippen LogP contribution in [0.15, 0.2) is 58.2 Å². The monoisotopic (exact) mass is 568 g/mol. The predicted octanol–water partition coefficient (Wildman–Crippen LogP) is 2.35. The second kappa shape index (κ2) is 9.20. The quantitative estimate of drug-likeness (QED) is 0.231. The van der Waals surface area contributed by atoms with Gasteiger partial charge in [0.15, 0.2) is 17.1 Å². The molecule has 0 unspecified atom stereocenters. The van der Waals surface area contributed by atoms with Gasteiger partial charge in [0.25, 0.3) is 15.9 Å². The number of ketones is 2. The maximum Gasteiger partial charge on any atom is 0.262 e. The van der Waals surface area contributed by atoms with E-state index in [0.717, 1.165) is 0 Å². The summed E-state index contributed by atoms with van der Waals surface area (Å²) >= 11 is 0. The van der Waals surface area contributed by atoms with Crippen molar-refractivity contribution in [1.82, 2.24) is 0 Å². The van der Waals surface area contributed by atoms with Crippen molar-refractivity contribution >= 4 is 38.9 Å². The summed E-state index contributed by atoms with van der Waals surface area (Å²) in [7, 11) is -4.14. The molecular weight excluding hydrogens is 540 g/mol. The van der Waals surface area contributed by atoms with Crippen LogP contribution in [0.5, 0.6) is 5.75 Å². The molecule has 2 aromatic rings. The smallest absolute Gasteiger partial charge is 0.262 e. The molecule has 40 heavy (non-hydrogen) atoms. The fraction of sp³-hybridized carbons (Fsp3) is 0.321. The number of sulfonamides is 1. The average molecular weight is 569 g/mol. The molecule has 0 spiro atoms. The van der Waals surface area contributed by atoms with Crippen molar-refractivity contribution < 1.29 is 43.2 Å². The van der Waals surface area contributed by atoms with Crippen molar-refractivity contribution in [2.45, 2.75) is 49.5 Å². The summed E-state index contributed by atoms with van der Waals surface area (Å²) in [4.78, 5) is 38.0. The number of aromatic hydroxyl groups is 1. The Morgan fingerprint density at radius 3 is 2.35 bits per heavy atom. The second-order valence-corrected chi connectivity index (χ2v) is 12.4. The molecule has 3 atom stereocenters. The molecule has 2 aromatic carbocycles. The molecule has 3 aliphatic carbocycles. The van der Waals surface area contributed by atoms with Crippen LogP contribution in [0.4, 0.5) is 5.69 Å². The Kier molecular flexibility index (Phi) is 6.31. The van der Waals surface area contributed by atoms with Gasteiger partial charge in [-0.25, -0.2) is 8.42 Å². The molecule has 3 aliphatic rings. The van der Waals surface area contributed by atoms with Gasteiger partial charge in [-0.1, -0.05) is 32.0 Å². The molecular formula is C28H28N2O9S. The van der Waals surface area contributed by atoms with E-state index in [1.165, 1.54) is 30.3 Å². The SMILES string of the molecule is CC(C)c1cc(NS(=O)(=O)c2ccccc2)c(O)c2c1C[C@H]1C[C@H]3CC(=O)C(C(N)=O)=C(O)[C@@]3(O)C(=O)C1=C2O. The van der Waals surface area contributed by atoms with Gasteiger partial charge in [0.2, 0.25) is 5.78 Å². The zero-order valence-electron chi connectivity index (χ0n) is 21.6. The van der Waals surface area contributed by atoms with E-state index in [2.05, 4.69) is 4.72 Å². The summed E-state index contributed by atoms with van der Waals surface area (Å²) in [6, 6.07) is 8.95. The van der Waals surface area contributed by atoms with E-state index in [1.54, 1.807) is 6.07 Å². The highest BCUT2D eigenvalue weighted by Crippen LogP contribution is 2.53. The standard InChI is InChI=1S/C28H28N2O9S/c1-12(2)16-11-18(30-40(38,39)15-6-4-3-5-7-15)23(32)21-17(16)9-13-8-14-10-19(31)22(27(29)36)26(35)28(14,37)25(34)20(13)24(21)33/h3-7,11-14,30,32-33,35,37H,8-10H2,1-2H3,(H2,29,36)/t13-,14+,28+/m1/s1. The van der Waals surface area contributed by atoms with E-state index in [0.29, 0.717) is 11.1 Å². The second-order valence-electron chi connectivity index (χ2n) is 10.7. The van der Waals surface area contributed by atoms with E-state index in [4.69, 9.17) is 5.73 Å². The van der Waals surface area contributed by atoms with Crippen molar-refractivity contribution in [3.63, 3.8) is 0 Å². The number of primary amides is 1. The van der Waals surface area contributed by atoms with E-state index >= 15 is 0 Å². The van der Waals surface area contributed by atoms with Gasteiger partial charge in [-0.05, 0) is 54.0 Å². The number of anilines is 1. The minimum atomic E-state index is -4.14. The Hall–Kier alpha value is -4.16. The molecule has 1 amide bonds. The normalized spacial score (nSPS) is 24.5. The number of hydrogen-bond acceptors (Lipinski definition) is 9. The number of carbonyl (C=O) groups is 3. The maximum atomic E-state index is 13.7. The zero-order valence-corrected chi connectivity index (χ0v) is 22.4. The van der Waals surface area contributed by atoms with E-state index in [1.807, 2.05) is 13.8 Å². The van der Waals surface area contributed by atoms with Crippen molar-refractivity contribution in [1.29, 1.82) is 0 Å². The number of benzene rings is 2. The van der Waals surface area contributed by atoms with Crippen molar-refractivity contribution in [3.8, 4) is 5.75 Å². The highest BCUT2D eigenvalue weighted by Gasteiger charge is 2.60. The summed E-state index contributed by atoms with van der Waals surface area (Å²) < 4.78 is 28.4. The molecule has 0 heterocycles. The summed E-state index contributed by atoms with van der Waals surface area (Å²) in [6.45, 7) is 3.69. The Morgan fingerprint density at radius 1 is 1.10 bits per heavy atom. The molecule has 0 saturated heterocycles. The number of phenols is 1. The van der Waals surface area contributed by atoms with Crippen LogP contribution >= 0.6 is 0 Å². The van der Waals surface area contributed by atoms with Gasteiger partial charge >= 0.3 is 0 Å². The highest BCUT2D eigenvalue weighted by atomic mass is 32.2. The molecule has 0 bridgehead atoms. The first-order chi connectivity index (χ1) is 18.7. The number of hydrogen-bond donors (Lipinski definition) is 6. The number of phenolic OH excluding ortho intramolecular Hbond substituents is 1. The van der Waals surface area contributed by atoms with Gasteiger partial charge < -0.3 is 26.2 Å². The van der Waals surface area contributed by atoms with Crippen LogP contribution in [-0.4, -0.2) is 51.9 Å². The third-order valence-corrected chi connectivity index (χ3v) is 9.40. The molecule has 0 aromatic heterocycles. The lowest BCUT2D eigenvalue weighted by atomic mass is 9.59. The minimum absolute atomic E-state index is 0.00357. The third-order valence-electron chi connectivity index (χ3n) is 8.02. The number of carbonyl (C=O) groups excluding carboxylic acids is 3. The minimum Gasteiger partial charge on any atom is -0.508 e. The molecule has 5 rings (SSSR count). The van der Waals surface area contributed by atoms with Gasteiger partial charge in [0.1, 0.15) is 17.1 Å². The number of fused-ring (bicyclic) bond motifs is 3. The highest BCUT2D eigenvalue weighted by molar-refractivity contribution is 7.92. The Labute approximate surface area is 229 Å². The molecule has 210 valence electrons. The van der Waals surface area contributed by atoms with Crippen LogP contribution in [0.25, 0.3) is 5.76 Å². The summed E-state index contributed by atoms with van der Waals surface area (Å²) in [6.07, 6.45) is -0.282. The van der Waals surface area contributed by atoms with Gasteiger partial charge in [-0.15, -0.1) is 0 Å². The Balaban J connectivity index is 1.69. The molecule has 0 radical (unpaired) electrons. The first kappa shape index (κ1) is 27.4. The number of nitrogens with two attached hydrogens (primary N) is 1. The van der Waals surface area contributed by atoms with Crippen molar-refractivity contribution in [2.75, 3.05) is 4.72 Å². The van der Waals surface area contributed by atoms with Crippen LogP contribution in [0, 0.1) is 11.8 Å². The van der Waals surface area contributed by atoms with Gasteiger partial charge in [0, 0.05) is 17.9 Å². The zero-order chi connectivity index (χ0) is 29.3. The summed E-state index contributed by atoms with van der Waals surface area (Å²) in [5, 5.41) is 44.8. The molecule has 11 nitrogen and oxygen atoms in total. The lowest BCUT2D eigenvalue weighted by molar-refractivity contribution is -0.147. The molecule has 1 fully saturated rings. The van der Waals surface area contributed by atoms with E-state index < -0.39 is 74.2 Å².